The number of rotatable bonds is 7. The molecule has 0 saturated carbocycles. The number of carbonyl (C=O) groups is 3. The van der Waals surface area contributed by atoms with E-state index in [0.29, 0.717) is 16.8 Å². The van der Waals surface area contributed by atoms with Gasteiger partial charge in [0, 0.05) is 21.0 Å². The van der Waals surface area contributed by atoms with Crippen molar-refractivity contribution in [2.24, 2.45) is 0 Å². The van der Waals surface area contributed by atoms with E-state index in [-0.39, 0.29) is 5.78 Å². The van der Waals surface area contributed by atoms with Gasteiger partial charge < -0.3 is 10.1 Å². The lowest BCUT2D eigenvalue weighted by atomic mass is 10.1. The van der Waals surface area contributed by atoms with E-state index in [4.69, 9.17) is 4.74 Å². The van der Waals surface area contributed by atoms with Crippen molar-refractivity contribution in [2.45, 2.75) is 6.92 Å². The molecule has 0 spiro atoms. The quantitative estimate of drug-likeness (QED) is 0.346. The Morgan fingerprint density at radius 3 is 2.32 bits per heavy atom. The second-order valence-corrected chi connectivity index (χ2v) is 7.74. The maximum Gasteiger partial charge on any atom is 0.340 e. The molecular weight excluding hydrogens is 394 g/mol. The molecule has 0 unspecified atom stereocenters. The molecule has 142 valence electrons. The topological polar surface area (TPSA) is 72.5 Å². The standard InChI is InChI=1S/C21H17NO4S2/c1-14(23)15-6-8-16(9-7-15)22-20(24)13-26-21(25)18(19-5-3-11-28-19)12-17-4-2-10-27-17/h2-12H,13H2,1H3,(H,22,24). The van der Waals surface area contributed by atoms with Crippen molar-refractivity contribution in [3.63, 3.8) is 0 Å². The fraction of sp³-hybridized carbons (Fsp3) is 0.0952. The van der Waals surface area contributed by atoms with Crippen LogP contribution in [0.5, 0.6) is 0 Å². The van der Waals surface area contributed by atoms with Gasteiger partial charge in [0.15, 0.2) is 12.4 Å². The van der Waals surface area contributed by atoms with Crippen LogP contribution in [0.4, 0.5) is 5.69 Å². The van der Waals surface area contributed by atoms with Crippen LogP contribution in [0.2, 0.25) is 0 Å². The molecule has 0 fully saturated rings. The molecule has 28 heavy (non-hydrogen) atoms. The van der Waals surface area contributed by atoms with Crippen molar-refractivity contribution in [2.75, 3.05) is 11.9 Å². The first-order chi connectivity index (χ1) is 13.5. The van der Waals surface area contributed by atoms with Crippen LogP contribution in [0.25, 0.3) is 11.6 Å². The number of ether oxygens (including phenoxy) is 1. The van der Waals surface area contributed by atoms with Crippen molar-refractivity contribution in [1.82, 2.24) is 0 Å². The number of hydrogen-bond donors (Lipinski definition) is 1. The molecule has 2 heterocycles. The normalized spacial score (nSPS) is 11.1. The molecule has 0 saturated heterocycles. The molecule has 1 N–H and O–H groups in total. The van der Waals surface area contributed by atoms with Crippen LogP contribution in [0.3, 0.4) is 0 Å². The predicted octanol–water partition coefficient (Wildman–Crippen LogP) is 4.73. The Hall–Kier alpha value is -3.03. The summed E-state index contributed by atoms with van der Waals surface area (Å²) in [6.07, 6.45) is 1.76. The Morgan fingerprint density at radius 2 is 1.71 bits per heavy atom. The zero-order valence-electron chi connectivity index (χ0n) is 15.0. The Kier molecular flexibility index (Phi) is 6.52. The number of anilines is 1. The van der Waals surface area contributed by atoms with Crippen LogP contribution in [-0.4, -0.2) is 24.3 Å². The van der Waals surface area contributed by atoms with E-state index < -0.39 is 18.5 Å². The first-order valence-electron chi connectivity index (χ1n) is 8.40. The van der Waals surface area contributed by atoms with Crippen LogP contribution >= 0.6 is 22.7 Å². The molecule has 3 rings (SSSR count). The molecule has 2 aromatic heterocycles. The highest BCUT2D eigenvalue weighted by molar-refractivity contribution is 7.12. The molecule has 0 atom stereocenters. The number of esters is 1. The van der Waals surface area contributed by atoms with Crippen molar-refractivity contribution >= 4 is 57.7 Å². The summed E-state index contributed by atoms with van der Waals surface area (Å²) in [4.78, 5) is 37.6. The lowest BCUT2D eigenvalue weighted by Gasteiger charge is -2.08. The summed E-state index contributed by atoms with van der Waals surface area (Å²) < 4.78 is 5.21. The lowest BCUT2D eigenvalue weighted by molar-refractivity contribution is -0.141. The number of nitrogens with one attached hydrogen (secondary N) is 1. The van der Waals surface area contributed by atoms with Crippen LogP contribution < -0.4 is 5.32 Å². The van der Waals surface area contributed by atoms with Gasteiger partial charge in [-0.2, -0.15) is 0 Å². The molecular formula is C21H17NO4S2. The second-order valence-electron chi connectivity index (χ2n) is 5.81. The minimum atomic E-state index is -0.557. The Balaban J connectivity index is 1.62. The number of amides is 1. The van der Waals surface area contributed by atoms with E-state index in [1.165, 1.54) is 29.6 Å². The minimum Gasteiger partial charge on any atom is -0.452 e. The number of carbonyl (C=O) groups excluding carboxylic acids is 3. The van der Waals surface area contributed by atoms with Crippen molar-refractivity contribution in [3.05, 3.63) is 74.6 Å². The van der Waals surface area contributed by atoms with E-state index in [1.807, 2.05) is 35.0 Å². The maximum absolute atomic E-state index is 12.5. The molecule has 0 aliphatic rings. The predicted molar refractivity (Wildman–Crippen MR) is 113 cm³/mol. The second kappa shape index (κ2) is 9.25. The Labute approximate surface area is 170 Å². The fourth-order valence-corrected chi connectivity index (χ4v) is 3.76. The highest BCUT2D eigenvalue weighted by atomic mass is 32.1. The maximum atomic E-state index is 12.5. The average molecular weight is 412 g/mol. The van der Waals surface area contributed by atoms with Gasteiger partial charge in [-0.1, -0.05) is 12.1 Å². The fourth-order valence-electron chi connectivity index (χ4n) is 2.37. The van der Waals surface area contributed by atoms with E-state index in [9.17, 15) is 14.4 Å². The zero-order valence-corrected chi connectivity index (χ0v) is 16.6. The summed E-state index contributed by atoms with van der Waals surface area (Å²) in [5.41, 5.74) is 1.50. The first-order valence-corrected chi connectivity index (χ1v) is 10.2. The zero-order chi connectivity index (χ0) is 19.9. The number of benzene rings is 1. The van der Waals surface area contributed by atoms with Gasteiger partial charge in [-0.25, -0.2) is 4.79 Å². The van der Waals surface area contributed by atoms with Gasteiger partial charge in [0.25, 0.3) is 5.91 Å². The molecule has 1 amide bonds. The van der Waals surface area contributed by atoms with Gasteiger partial charge in [0.2, 0.25) is 0 Å². The van der Waals surface area contributed by atoms with Gasteiger partial charge in [-0.3, -0.25) is 9.59 Å². The monoisotopic (exact) mass is 411 g/mol. The van der Waals surface area contributed by atoms with Crippen LogP contribution in [-0.2, 0) is 14.3 Å². The van der Waals surface area contributed by atoms with E-state index in [2.05, 4.69) is 5.32 Å². The van der Waals surface area contributed by atoms with Gasteiger partial charge >= 0.3 is 5.97 Å². The number of Topliss-reactive ketones (excluding diaryl/α,β-unsaturated/α-hetero) is 1. The number of thiophene rings is 2. The molecule has 3 aromatic rings. The molecule has 1 aromatic carbocycles. The summed E-state index contributed by atoms with van der Waals surface area (Å²) in [6, 6.07) is 14.0. The largest absolute Gasteiger partial charge is 0.452 e. The van der Waals surface area contributed by atoms with Gasteiger partial charge in [-0.15, -0.1) is 22.7 Å². The highest BCUT2D eigenvalue weighted by Crippen LogP contribution is 2.25. The summed E-state index contributed by atoms with van der Waals surface area (Å²) >= 11 is 2.94. The number of hydrogen-bond acceptors (Lipinski definition) is 6. The molecule has 7 heteroatoms. The van der Waals surface area contributed by atoms with Crippen LogP contribution in [0.15, 0.2) is 59.3 Å². The third-order valence-electron chi connectivity index (χ3n) is 3.75. The van der Waals surface area contributed by atoms with Crippen LogP contribution in [0, 0.1) is 0 Å². The van der Waals surface area contributed by atoms with E-state index in [1.54, 1.807) is 30.3 Å². The van der Waals surface area contributed by atoms with Gasteiger partial charge in [0.05, 0.1) is 5.57 Å². The molecule has 0 aliphatic carbocycles. The smallest absolute Gasteiger partial charge is 0.340 e. The summed E-state index contributed by atoms with van der Waals surface area (Å²) in [7, 11) is 0. The third kappa shape index (κ3) is 5.25. The molecule has 5 nitrogen and oxygen atoms in total. The van der Waals surface area contributed by atoms with Gasteiger partial charge in [0.1, 0.15) is 0 Å². The minimum absolute atomic E-state index is 0.0505. The van der Waals surface area contributed by atoms with Gasteiger partial charge in [-0.05, 0) is 60.2 Å². The summed E-state index contributed by atoms with van der Waals surface area (Å²) in [5, 5.41) is 6.44. The molecule has 0 bridgehead atoms. The molecule has 0 aliphatic heterocycles. The van der Waals surface area contributed by atoms with E-state index >= 15 is 0 Å². The van der Waals surface area contributed by atoms with Crippen molar-refractivity contribution < 1.29 is 19.1 Å². The molecule has 0 radical (unpaired) electrons. The average Bonchev–Trinajstić information content (AvgIpc) is 3.38. The van der Waals surface area contributed by atoms with Crippen molar-refractivity contribution in [1.29, 1.82) is 0 Å². The third-order valence-corrected chi connectivity index (χ3v) is 5.47. The van der Waals surface area contributed by atoms with Crippen molar-refractivity contribution in [3.8, 4) is 0 Å². The highest BCUT2D eigenvalue weighted by Gasteiger charge is 2.17. The summed E-state index contributed by atoms with van der Waals surface area (Å²) in [6.45, 7) is 1.07. The first kappa shape index (κ1) is 19.7. The van der Waals surface area contributed by atoms with Crippen LogP contribution in [0.1, 0.15) is 27.0 Å². The Bertz CT molecular complexity index is 988. The number of ketones is 1. The lowest BCUT2D eigenvalue weighted by Crippen LogP contribution is -2.21. The van der Waals surface area contributed by atoms with E-state index in [0.717, 1.165) is 9.75 Å². The Morgan fingerprint density at radius 1 is 1.00 bits per heavy atom. The SMILES string of the molecule is CC(=O)c1ccc(NC(=O)COC(=O)C(=Cc2cccs2)c2cccs2)cc1. The summed E-state index contributed by atoms with van der Waals surface area (Å²) in [5.74, 6) is -1.06.